The summed E-state index contributed by atoms with van der Waals surface area (Å²) in [6.07, 6.45) is 2.00. The lowest BCUT2D eigenvalue weighted by molar-refractivity contribution is 0.623. The van der Waals surface area contributed by atoms with Crippen LogP contribution >= 0.6 is 0 Å². The fourth-order valence-electron chi connectivity index (χ4n) is 2.00. The van der Waals surface area contributed by atoms with Gasteiger partial charge < -0.3 is 10.3 Å². The Morgan fingerprint density at radius 1 is 1.35 bits per heavy atom. The van der Waals surface area contributed by atoms with Gasteiger partial charge in [-0.1, -0.05) is 6.07 Å². The average molecular weight is 232 g/mol. The summed E-state index contributed by atoms with van der Waals surface area (Å²) in [5.74, 6) is -0.189. The van der Waals surface area contributed by atoms with Gasteiger partial charge in [-0.25, -0.2) is 4.39 Å². The first-order valence-electron chi connectivity index (χ1n) is 5.73. The minimum atomic E-state index is -0.189. The number of benzene rings is 1. The molecule has 2 rings (SSSR count). The van der Waals surface area contributed by atoms with Crippen LogP contribution in [0.4, 0.5) is 4.39 Å². The molecule has 0 amide bonds. The van der Waals surface area contributed by atoms with E-state index in [4.69, 9.17) is 5.73 Å². The second kappa shape index (κ2) is 4.72. The highest BCUT2D eigenvalue weighted by Gasteiger charge is 2.07. The van der Waals surface area contributed by atoms with Crippen LogP contribution in [0, 0.1) is 12.7 Å². The van der Waals surface area contributed by atoms with E-state index in [1.807, 2.05) is 38.2 Å². The Kier molecular flexibility index (Phi) is 3.29. The Morgan fingerprint density at radius 3 is 2.76 bits per heavy atom. The molecule has 0 radical (unpaired) electrons. The summed E-state index contributed by atoms with van der Waals surface area (Å²) in [7, 11) is 0. The summed E-state index contributed by atoms with van der Waals surface area (Å²) in [6.45, 7) is 4.62. The lowest BCUT2D eigenvalue weighted by Crippen LogP contribution is -2.12. The summed E-state index contributed by atoms with van der Waals surface area (Å²) in [6, 6.07) is 8.89. The molecule has 0 aliphatic carbocycles. The first kappa shape index (κ1) is 11.9. The Morgan fingerprint density at radius 2 is 2.12 bits per heavy atom. The van der Waals surface area contributed by atoms with Crippen LogP contribution in [0.1, 0.15) is 29.8 Å². The predicted molar refractivity (Wildman–Crippen MR) is 67.3 cm³/mol. The molecule has 1 unspecified atom stereocenters. The van der Waals surface area contributed by atoms with Gasteiger partial charge in [0.2, 0.25) is 0 Å². The van der Waals surface area contributed by atoms with Gasteiger partial charge in [0.05, 0.1) is 0 Å². The quantitative estimate of drug-likeness (QED) is 0.866. The van der Waals surface area contributed by atoms with Crippen LogP contribution in [0.3, 0.4) is 0 Å². The largest absolute Gasteiger partial charge is 0.346 e. The zero-order valence-electron chi connectivity index (χ0n) is 10.2. The first-order valence-corrected chi connectivity index (χ1v) is 5.73. The number of aryl methyl sites for hydroxylation is 1. The van der Waals surface area contributed by atoms with Crippen LogP contribution in [0.15, 0.2) is 36.5 Å². The fourth-order valence-corrected chi connectivity index (χ4v) is 2.00. The Hall–Kier alpha value is -1.61. The number of nitrogens with two attached hydrogens (primary N) is 1. The Balaban J connectivity index is 2.28. The molecule has 1 heterocycles. The molecule has 0 spiro atoms. The second-order valence-electron chi connectivity index (χ2n) is 4.42. The maximum absolute atomic E-state index is 13.0. The van der Waals surface area contributed by atoms with E-state index < -0.39 is 0 Å². The molecule has 17 heavy (non-hydrogen) atoms. The first-order chi connectivity index (χ1) is 8.08. The maximum atomic E-state index is 13.0. The summed E-state index contributed by atoms with van der Waals surface area (Å²) in [4.78, 5) is 0. The van der Waals surface area contributed by atoms with Gasteiger partial charge in [-0.15, -0.1) is 0 Å². The van der Waals surface area contributed by atoms with E-state index in [0.717, 1.165) is 23.4 Å². The molecule has 1 aromatic carbocycles. The third kappa shape index (κ3) is 2.56. The van der Waals surface area contributed by atoms with Crippen molar-refractivity contribution in [3.05, 3.63) is 59.2 Å². The topological polar surface area (TPSA) is 30.9 Å². The molecular formula is C14H17FN2. The summed E-state index contributed by atoms with van der Waals surface area (Å²) >= 11 is 0. The van der Waals surface area contributed by atoms with Crippen molar-refractivity contribution in [2.75, 3.05) is 0 Å². The SMILES string of the molecule is Cc1cc(F)ccc1Cn1cccc1C(C)N. The highest BCUT2D eigenvalue weighted by atomic mass is 19.1. The van der Waals surface area contributed by atoms with Gasteiger partial charge in [0, 0.05) is 24.5 Å². The number of nitrogens with zero attached hydrogens (tertiary/aromatic N) is 1. The van der Waals surface area contributed by atoms with Gasteiger partial charge in [-0.05, 0) is 49.2 Å². The summed E-state index contributed by atoms with van der Waals surface area (Å²) in [5.41, 5.74) is 9.07. The molecular weight excluding hydrogens is 215 g/mol. The minimum Gasteiger partial charge on any atom is -0.346 e. The van der Waals surface area contributed by atoms with Crippen LogP contribution in [0.2, 0.25) is 0 Å². The Labute approximate surface area is 101 Å². The van der Waals surface area contributed by atoms with E-state index in [2.05, 4.69) is 4.57 Å². The molecule has 2 nitrogen and oxygen atoms in total. The average Bonchev–Trinajstić information content (AvgIpc) is 2.70. The normalized spacial score (nSPS) is 12.7. The van der Waals surface area contributed by atoms with Crippen molar-refractivity contribution < 1.29 is 4.39 Å². The summed E-state index contributed by atoms with van der Waals surface area (Å²) < 4.78 is 15.1. The van der Waals surface area contributed by atoms with Gasteiger partial charge in [0.25, 0.3) is 0 Å². The van der Waals surface area contributed by atoms with E-state index in [-0.39, 0.29) is 11.9 Å². The molecule has 2 N–H and O–H groups in total. The van der Waals surface area contributed by atoms with E-state index in [1.165, 1.54) is 6.07 Å². The third-order valence-corrected chi connectivity index (χ3v) is 2.98. The molecule has 1 aromatic heterocycles. The smallest absolute Gasteiger partial charge is 0.123 e. The predicted octanol–water partition coefficient (Wildman–Crippen LogP) is 3.00. The molecule has 3 heteroatoms. The van der Waals surface area contributed by atoms with E-state index in [1.54, 1.807) is 6.07 Å². The monoisotopic (exact) mass is 232 g/mol. The lowest BCUT2D eigenvalue weighted by Gasteiger charge is -2.13. The van der Waals surface area contributed by atoms with Crippen molar-refractivity contribution in [3.63, 3.8) is 0 Å². The van der Waals surface area contributed by atoms with Gasteiger partial charge in [0.15, 0.2) is 0 Å². The molecule has 0 aliphatic rings. The van der Waals surface area contributed by atoms with Gasteiger partial charge in [-0.3, -0.25) is 0 Å². The molecule has 1 atom stereocenters. The van der Waals surface area contributed by atoms with Gasteiger partial charge in [0.1, 0.15) is 5.82 Å². The number of hydrogen-bond donors (Lipinski definition) is 1. The second-order valence-corrected chi connectivity index (χ2v) is 4.42. The van der Waals surface area contributed by atoms with E-state index in [9.17, 15) is 4.39 Å². The number of rotatable bonds is 3. The van der Waals surface area contributed by atoms with Gasteiger partial charge in [-0.2, -0.15) is 0 Å². The molecule has 0 bridgehead atoms. The van der Waals surface area contributed by atoms with Crippen molar-refractivity contribution >= 4 is 0 Å². The van der Waals surface area contributed by atoms with Crippen LogP contribution in [-0.2, 0) is 6.54 Å². The minimum absolute atomic E-state index is 0.00533. The molecule has 90 valence electrons. The molecule has 0 fully saturated rings. The number of aromatic nitrogens is 1. The standard InChI is InChI=1S/C14H17FN2/c1-10-8-13(15)6-5-12(10)9-17-7-3-4-14(17)11(2)16/h3-8,11H,9,16H2,1-2H3. The maximum Gasteiger partial charge on any atom is 0.123 e. The van der Waals surface area contributed by atoms with Crippen molar-refractivity contribution in [1.82, 2.24) is 4.57 Å². The van der Waals surface area contributed by atoms with Crippen molar-refractivity contribution in [2.45, 2.75) is 26.4 Å². The Bertz CT molecular complexity index is 515. The molecule has 0 aliphatic heterocycles. The van der Waals surface area contributed by atoms with Crippen LogP contribution < -0.4 is 5.73 Å². The molecule has 0 saturated carbocycles. The van der Waals surface area contributed by atoms with Crippen molar-refractivity contribution in [2.24, 2.45) is 5.73 Å². The van der Waals surface area contributed by atoms with Crippen LogP contribution in [-0.4, -0.2) is 4.57 Å². The van der Waals surface area contributed by atoms with E-state index in [0.29, 0.717) is 0 Å². The highest BCUT2D eigenvalue weighted by molar-refractivity contribution is 5.27. The van der Waals surface area contributed by atoms with Crippen LogP contribution in [0.5, 0.6) is 0 Å². The molecule has 2 aromatic rings. The highest BCUT2D eigenvalue weighted by Crippen LogP contribution is 2.16. The van der Waals surface area contributed by atoms with Crippen LogP contribution in [0.25, 0.3) is 0 Å². The third-order valence-electron chi connectivity index (χ3n) is 2.98. The summed E-state index contributed by atoms with van der Waals surface area (Å²) in [5, 5.41) is 0. The van der Waals surface area contributed by atoms with Gasteiger partial charge >= 0.3 is 0 Å². The number of hydrogen-bond acceptors (Lipinski definition) is 1. The van der Waals surface area contributed by atoms with E-state index >= 15 is 0 Å². The number of halogens is 1. The molecule has 0 saturated heterocycles. The lowest BCUT2D eigenvalue weighted by atomic mass is 10.1. The van der Waals surface area contributed by atoms with Crippen molar-refractivity contribution in [3.8, 4) is 0 Å². The zero-order valence-corrected chi connectivity index (χ0v) is 10.2. The van der Waals surface area contributed by atoms with Crippen molar-refractivity contribution in [1.29, 1.82) is 0 Å². The fraction of sp³-hybridized carbons (Fsp3) is 0.286. The zero-order chi connectivity index (χ0) is 12.4.